The zero-order chi connectivity index (χ0) is 17.1. The van der Waals surface area contributed by atoms with E-state index in [2.05, 4.69) is 36.1 Å². The predicted octanol–water partition coefficient (Wildman–Crippen LogP) is 4.85. The molecule has 4 atom stereocenters. The van der Waals surface area contributed by atoms with Crippen LogP contribution in [0.5, 0.6) is 0 Å². The number of aryl methyl sites for hydroxylation is 1. The van der Waals surface area contributed by atoms with Crippen LogP contribution in [0.2, 0.25) is 0 Å². The third kappa shape index (κ3) is 2.64. The number of amides is 1. The molecule has 5 aliphatic rings. The zero-order valence-electron chi connectivity index (χ0n) is 15.6. The maximum Gasteiger partial charge on any atom is 0.223 e. The third-order valence-corrected chi connectivity index (χ3v) is 7.83. The largest absolute Gasteiger partial charge is 0.343 e. The summed E-state index contributed by atoms with van der Waals surface area (Å²) < 4.78 is 0. The van der Waals surface area contributed by atoms with Crippen LogP contribution >= 0.6 is 0 Å². The van der Waals surface area contributed by atoms with Gasteiger partial charge in [0.1, 0.15) is 0 Å². The van der Waals surface area contributed by atoms with Gasteiger partial charge in [0.2, 0.25) is 5.91 Å². The monoisotopic (exact) mass is 337 g/mol. The summed E-state index contributed by atoms with van der Waals surface area (Å²) in [6, 6.07) is 9.35. The average molecular weight is 338 g/mol. The third-order valence-electron chi connectivity index (χ3n) is 7.83. The minimum absolute atomic E-state index is 0.300. The summed E-state index contributed by atoms with van der Waals surface area (Å²) in [5, 5.41) is 0. The van der Waals surface area contributed by atoms with Crippen molar-refractivity contribution in [2.75, 3.05) is 13.1 Å². The van der Waals surface area contributed by atoms with Gasteiger partial charge in [0.25, 0.3) is 0 Å². The Morgan fingerprint density at radius 3 is 2.32 bits per heavy atom. The first-order valence-electron chi connectivity index (χ1n) is 10.4. The Morgan fingerprint density at radius 2 is 1.68 bits per heavy atom. The van der Waals surface area contributed by atoms with E-state index < -0.39 is 0 Å². The molecule has 6 rings (SSSR count). The maximum atomic E-state index is 12.9. The van der Waals surface area contributed by atoms with Crippen molar-refractivity contribution in [1.82, 2.24) is 4.90 Å². The van der Waals surface area contributed by atoms with E-state index in [0.717, 1.165) is 31.3 Å². The van der Waals surface area contributed by atoms with E-state index in [9.17, 15) is 4.79 Å². The summed E-state index contributed by atoms with van der Waals surface area (Å²) in [5.74, 6) is 2.17. The van der Waals surface area contributed by atoms with E-state index >= 15 is 0 Å². The number of likely N-dealkylation sites (tertiary alicyclic amines) is 1. The van der Waals surface area contributed by atoms with Crippen LogP contribution in [0, 0.1) is 24.2 Å². The number of rotatable bonds is 3. The number of hydrogen-bond acceptors (Lipinski definition) is 1. The Bertz CT molecular complexity index is 656. The lowest BCUT2D eigenvalue weighted by Crippen LogP contribution is -2.55. The standard InChI is InChI=1S/C23H31NO/c1-17-4-6-20(7-5-17)23-13-18-10-19(14-23)12-22(11-18,16-23)15-21(25)24-8-2-3-9-24/h4-7,18-19H,2-3,8-16H2,1H3/t18-,19+,22?,23?. The van der Waals surface area contributed by atoms with Crippen LogP contribution < -0.4 is 0 Å². The van der Waals surface area contributed by atoms with E-state index in [1.807, 2.05) is 0 Å². The Morgan fingerprint density at radius 1 is 1.04 bits per heavy atom. The van der Waals surface area contributed by atoms with Crippen molar-refractivity contribution >= 4 is 5.91 Å². The van der Waals surface area contributed by atoms with Gasteiger partial charge in [-0.05, 0) is 86.5 Å². The van der Waals surface area contributed by atoms with E-state index in [0.29, 0.717) is 16.7 Å². The van der Waals surface area contributed by atoms with Crippen molar-refractivity contribution in [3.8, 4) is 0 Å². The second-order valence-corrected chi connectivity index (χ2v) is 9.87. The Balaban J connectivity index is 1.44. The smallest absolute Gasteiger partial charge is 0.223 e. The average Bonchev–Trinajstić information content (AvgIpc) is 3.08. The molecule has 4 aliphatic carbocycles. The topological polar surface area (TPSA) is 20.3 Å². The number of nitrogens with zero attached hydrogens (tertiary/aromatic N) is 1. The second-order valence-electron chi connectivity index (χ2n) is 9.87. The molecule has 5 fully saturated rings. The fraction of sp³-hybridized carbons (Fsp3) is 0.696. The Hall–Kier alpha value is -1.31. The van der Waals surface area contributed by atoms with E-state index in [4.69, 9.17) is 0 Å². The summed E-state index contributed by atoms with van der Waals surface area (Å²) in [6.45, 7) is 4.19. The molecule has 2 nitrogen and oxygen atoms in total. The van der Waals surface area contributed by atoms with Crippen molar-refractivity contribution in [3.63, 3.8) is 0 Å². The van der Waals surface area contributed by atoms with Crippen LogP contribution in [-0.2, 0) is 10.2 Å². The molecule has 1 heterocycles. The van der Waals surface area contributed by atoms with Gasteiger partial charge in [-0.3, -0.25) is 4.79 Å². The molecule has 1 aliphatic heterocycles. The normalized spacial score (nSPS) is 39.2. The van der Waals surface area contributed by atoms with Gasteiger partial charge in [-0.15, -0.1) is 0 Å². The SMILES string of the molecule is Cc1ccc(C23C[C@@H]4C[C@@H](CC(CC(=O)N5CCCC5)(C4)C2)C3)cc1. The molecule has 0 aromatic heterocycles. The van der Waals surface area contributed by atoms with Crippen molar-refractivity contribution < 1.29 is 4.79 Å². The van der Waals surface area contributed by atoms with Crippen LogP contribution in [0.3, 0.4) is 0 Å². The molecule has 4 bridgehead atoms. The molecule has 1 aromatic carbocycles. The number of carbonyl (C=O) groups is 1. The molecule has 1 amide bonds. The van der Waals surface area contributed by atoms with Gasteiger partial charge in [0.05, 0.1) is 0 Å². The maximum absolute atomic E-state index is 12.9. The Labute approximate surface area is 152 Å². The van der Waals surface area contributed by atoms with E-state index in [1.54, 1.807) is 5.56 Å². The Kier molecular flexibility index (Phi) is 3.56. The van der Waals surface area contributed by atoms with Crippen molar-refractivity contribution in [1.29, 1.82) is 0 Å². The van der Waals surface area contributed by atoms with Crippen molar-refractivity contribution in [3.05, 3.63) is 35.4 Å². The molecular formula is C23H31NO. The molecule has 4 saturated carbocycles. The molecule has 0 spiro atoms. The van der Waals surface area contributed by atoms with Gasteiger partial charge < -0.3 is 4.90 Å². The molecule has 0 N–H and O–H groups in total. The minimum Gasteiger partial charge on any atom is -0.343 e. The highest BCUT2D eigenvalue weighted by Gasteiger charge is 2.58. The lowest BCUT2D eigenvalue weighted by atomic mass is 9.42. The number of benzene rings is 1. The molecule has 25 heavy (non-hydrogen) atoms. The van der Waals surface area contributed by atoms with Crippen LogP contribution in [0.15, 0.2) is 24.3 Å². The van der Waals surface area contributed by atoms with E-state index in [-0.39, 0.29) is 0 Å². The summed E-state index contributed by atoms with van der Waals surface area (Å²) in [7, 11) is 0. The first-order chi connectivity index (χ1) is 12.1. The zero-order valence-corrected chi connectivity index (χ0v) is 15.6. The predicted molar refractivity (Wildman–Crippen MR) is 100 cm³/mol. The summed E-state index contributed by atoms with van der Waals surface area (Å²) >= 11 is 0. The highest BCUT2D eigenvalue weighted by Crippen LogP contribution is 2.66. The van der Waals surface area contributed by atoms with Gasteiger partial charge in [0.15, 0.2) is 0 Å². The molecule has 1 saturated heterocycles. The van der Waals surface area contributed by atoms with Crippen molar-refractivity contribution in [2.24, 2.45) is 17.3 Å². The van der Waals surface area contributed by atoms with Crippen LogP contribution in [0.1, 0.15) is 68.9 Å². The fourth-order valence-corrected chi connectivity index (χ4v) is 7.30. The van der Waals surface area contributed by atoms with Gasteiger partial charge in [-0.1, -0.05) is 29.8 Å². The molecule has 1 aromatic rings. The van der Waals surface area contributed by atoms with E-state index in [1.165, 1.54) is 56.9 Å². The summed E-state index contributed by atoms with van der Waals surface area (Å²) in [5.41, 5.74) is 3.58. The number of carbonyl (C=O) groups excluding carboxylic acids is 1. The van der Waals surface area contributed by atoms with Gasteiger partial charge in [0, 0.05) is 19.5 Å². The molecule has 0 radical (unpaired) electrons. The number of hydrogen-bond donors (Lipinski definition) is 0. The highest BCUT2D eigenvalue weighted by molar-refractivity contribution is 5.77. The minimum atomic E-state index is 0.300. The summed E-state index contributed by atoms with van der Waals surface area (Å²) in [6.07, 6.45) is 11.3. The van der Waals surface area contributed by atoms with Gasteiger partial charge in [-0.25, -0.2) is 0 Å². The van der Waals surface area contributed by atoms with Crippen LogP contribution in [-0.4, -0.2) is 23.9 Å². The highest BCUT2D eigenvalue weighted by atomic mass is 16.2. The lowest BCUT2D eigenvalue weighted by molar-refractivity contribution is -0.140. The molecular weight excluding hydrogens is 306 g/mol. The van der Waals surface area contributed by atoms with Crippen LogP contribution in [0.25, 0.3) is 0 Å². The molecule has 2 unspecified atom stereocenters. The second kappa shape index (κ2) is 5.59. The fourth-order valence-electron chi connectivity index (χ4n) is 7.30. The van der Waals surface area contributed by atoms with Gasteiger partial charge >= 0.3 is 0 Å². The lowest BCUT2D eigenvalue weighted by Gasteiger charge is -2.62. The van der Waals surface area contributed by atoms with Gasteiger partial charge in [-0.2, -0.15) is 0 Å². The molecule has 2 heteroatoms. The summed E-state index contributed by atoms with van der Waals surface area (Å²) in [4.78, 5) is 15.1. The first kappa shape index (κ1) is 15.9. The quantitative estimate of drug-likeness (QED) is 0.772. The first-order valence-corrected chi connectivity index (χ1v) is 10.4. The van der Waals surface area contributed by atoms with Crippen molar-refractivity contribution in [2.45, 2.75) is 70.1 Å². The molecule has 134 valence electrons. The van der Waals surface area contributed by atoms with Crippen LogP contribution in [0.4, 0.5) is 0 Å².